The van der Waals surface area contributed by atoms with Crippen molar-refractivity contribution in [2.75, 3.05) is 5.73 Å². The number of nitrogens with one attached hydrogen (secondary N) is 1. The Morgan fingerprint density at radius 2 is 1.76 bits per heavy atom. The number of carbonyl (C=O) groups excluding carboxylic acids is 1. The fraction of sp³-hybridized carbons (Fsp3) is 0.190. The molecule has 2 aromatic carbocycles. The number of carbonyl (C=O) groups is 1. The van der Waals surface area contributed by atoms with Crippen molar-refractivity contribution in [2.24, 2.45) is 0 Å². The number of hydrogen-bond donors (Lipinski definition) is 2. The first-order valence-electron chi connectivity index (χ1n) is 9.38. The van der Waals surface area contributed by atoms with E-state index in [0.29, 0.717) is 0 Å². The molecule has 0 bridgehead atoms. The zero-order chi connectivity index (χ0) is 24.3. The fourth-order valence-electron chi connectivity index (χ4n) is 2.93. The van der Waals surface area contributed by atoms with E-state index in [1.807, 2.05) is 0 Å². The molecule has 1 atom stereocenters. The van der Waals surface area contributed by atoms with Gasteiger partial charge in [0, 0.05) is 11.8 Å². The lowest BCUT2D eigenvalue weighted by molar-refractivity contribution is -0.137. The zero-order valence-electron chi connectivity index (χ0n) is 16.9. The van der Waals surface area contributed by atoms with Gasteiger partial charge in [-0.15, -0.1) is 0 Å². The molecule has 1 heterocycles. The van der Waals surface area contributed by atoms with E-state index in [0.717, 1.165) is 28.9 Å². The number of nitrogens with zero attached hydrogens (tertiary/aromatic N) is 2. The van der Waals surface area contributed by atoms with Gasteiger partial charge in [0.15, 0.2) is 0 Å². The predicted molar refractivity (Wildman–Crippen MR) is 108 cm³/mol. The number of halogens is 5. The molecular formula is C21H17F5N4O3. The summed E-state index contributed by atoms with van der Waals surface area (Å²) in [5.74, 6) is -0.894. The lowest BCUT2D eigenvalue weighted by Gasteiger charge is -2.17. The van der Waals surface area contributed by atoms with Gasteiger partial charge in [-0.25, -0.2) is 0 Å². The number of nitrogen functional groups attached to an aromatic ring is 1. The number of hydrogen-bond acceptors (Lipinski definition) is 5. The molecule has 0 saturated carbocycles. The van der Waals surface area contributed by atoms with Crippen molar-refractivity contribution < 1.29 is 31.5 Å². The van der Waals surface area contributed by atoms with Crippen LogP contribution in [0.5, 0.6) is 5.75 Å². The van der Waals surface area contributed by atoms with E-state index in [2.05, 4.69) is 15.2 Å². The zero-order valence-corrected chi connectivity index (χ0v) is 16.9. The summed E-state index contributed by atoms with van der Waals surface area (Å²) >= 11 is 0. The molecule has 3 rings (SSSR count). The van der Waals surface area contributed by atoms with Gasteiger partial charge in [-0.05, 0) is 61.0 Å². The Hall–Kier alpha value is -3.96. The van der Waals surface area contributed by atoms with Crippen molar-refractivity contribution in [3.63, 3.8) is 0 Å². The minimum Gasteiger partial charge on any atom is -0.435 e. The third-order valence-electron chi connectivity index (χ3n) is 4.49. The Bertz CT molecular complexity index is 1210. The van der Waals surface area contributed by atoms with E-state index in [-0.39, 0.29) is 28.4 Å². The highest BCUT2D eigenvalue weighted by atomic mass is 19.4. The van der Waals surface area contributed by atoms with Crippen molar-refractivity contribution in [3.8, 4) is 11.4 Å². The lowest BCUT2D eigenvalue weighted by Crippen LogP contribution is -2.30. The second-order valence-corrected chi connectivity index (χ2v) is 6.92. The summed E-state index contributed by atoms with van der Waals surface area (Å²) < 4.78 is 68.8. The maximum Gasteiger partial charge on any atom is 0.416 e. The molecule has 1 aromatic heterocycles. The van der Waals surface area contributed by atoms with Crippen LogP contribution in [0.4, 0.5) is 27.6 Å². The molecule has 0 radical (unpaired) electrons. The molecule has 3 N–H and O–H groups in total. The van der Waals surface area contributed by atoms with Gasteiger partial charge < -0.3 is 15.8 Å². The van der Waals surface area contributed by atoms with E-state index < -0.39 is 35.9 Å². The standard InChI is InChI=1S/C21H17F5N4O3/c1-11(12-8-13(21(24,25)26)10-14(27)9-12)28-19(32)17-6-7-18(31)30(29-17)15-2-4-16(5-3-15)33-20(22)23/h2-11,20H,27H2,1H3,(H,28,32)/t11-/m1/s1. The molecule has 1 amide bonds. The smallest absolute Gasteiger partial charge is 0.416 e. The third-order valence-corrected chi connectivity index (χ3v) is 4.49. The normalized spacial score (nSPS) is 12.5. The summed E-state index contributed by atoms with van der Waals surface area (Å²) in [4.78, 5) is 24.8. The molecule has 0 fully saturated rings. The molecular weight excluding hydrogens is 451 g/mol. The second-order valence-electron chi connectivity index (χ2n) is 6.92. The largest absolute Gasteiger partial charge is 0.435 e. The lowest BCUT2D eigenvalue weighted by atomic mass is 10.0. The van der Waals surface area contributed by atoms with Gasteiger partial charge in [-0.1, -0.05) is 0 Å². The monoisotopic (exact) mass is 468 g/mol. The van der Waals surface area contributed by atoms with Crippen LogP contribution in [0.1, 0.15) is 34.6 Å². The maximum atomic E-state index is 13.0. The molecule has 3 aromatic rings. The molecule has 0 unspecified atom stereocenters. The topological polar surface area (TPSA) is 99.2 Å². The van der Waals surface area contributed by atoms with Crippen LogP contribution in [0.15, 0.2) is 59.4 Å². The van der Waals surface area contributed by atoms with E-state index in [1.54, 1.807) is 0 Å². The molecule has 12 heteroatoms. The van der Waals surface area contributed by atoms with Gasteiger partial charge in [-0.3, -0.25) is 9.59 Å². The number of nitrogens with two attached hydrogens (primary N) is 1. The van der Waals surface area contributed by atoms with Crippen molar-refractivity contribution in [1.29, 1.82) is 0 Å². The van der Waals surface area contributed by atoms with E-state index in [4.69, 9.17) is 5.73 Å². The SMILES string of the molecule is C[C@@H](NC(=O)c1ccc(=O)n(-c2ccc(OC(F)F)cc2)n1)c1cc(N)cc(C(F)(F)F)c1. The van der Waals surface area contributed by atoms with Crippen molar-refractivity contribution in [3.05, 3.63) is 81.8 Å². The molecule has 33 heavy (non-hydrogen) atoms. The van der Waals surface area contributed by atoms with Crippen molar-refractivity contribution in [1.82, 2.24) is 15.1 Å². The number of ether oxygens (including phenoxy) is 1. The molecule has 0 aliphatic carbocycles. The van der Waals surface area contributed by atoms with Gasteiger partial charge in [0.25, 0.3) is 11.5 Å². The third kappa shape index (κ3) is 5.84. The van der Waals surface area contributed by atoms with Crippen LogP contribution >= 0.6 is 0 Å². The number of alkyl halides is 5. The molecule has 174 valence electrons. The number of aromatic nitrogens is 2. The van der Waals surface area contributed by atoms with Crippen molar-refractivity contribution >= 4 is 11.6 Å². The van der Waals surface area contributed by atoms with E-state index in [9.17, 15) is 31.5 Å². The highest BCUT2D eigenvalue weighted by Crippen LogP contribution is 2.32. The van der Waals surface area contributed by atoms with Crippen LogP contribution in [0.2, 0.25) is 0 Å². The first-order valence-corrected chi connectivity index (χ1v) is 9.38. The van der Waals surface area contributed by atoms with E-state index in [1.165, 1.54) is 37.3 Å². The summed E-state index contributed by atoms with van der Waals surface area (Å²) in [6, 6.07) is 9.29. The fourth-order valence-corrected chi connectivity index (χ4v) is 2.93. The average Bonchev–Trinajstić information content (AvgIpc) is 2.73. The first kappa shape index (κ1) is 23.7. The highest BCUT2D eigenvalue weighted by molar-refractivity contribution is 5.92. The summed E-state index contributed by atoms with van der Waals surface area (Å²) in [7, 11) is 0. The molecule has 7 nitrogen and oxygen atoms in total. The molecule has 0 saturated heterocycles. The summed E-state index contributed by atoms with van der Waals surface area (Å²) in [5.41, 5.74) is 3.98. The van der Waals surface area contributed by atoms with Gasteiger partial charge in [-0.2, -0.15) is 31.7 Å². The Morgan fingerprint density at radius 3 is 2.36 bits per heavy atom. The Balaban J connectivity index is 1.83. The van der Waals surface area contributed by atoms with Crippen LogP contribution in [0, 0.1) is 0 Å². The van der Waals surface area contributed by atoms with Gasteiger partial charge in [0.1, 0.15) is 11.4 Å². The Morgan fingerprint density at radius 1 is 1.09 bits per heavy atom. The van der Waals surface area contributed by atoms with Crippen LogP contribution < -0.4 is 21.3 Å². The number of anilines is 1. The summed E-state index contributed by atoms with van der Waals surface area (Å²) in [5, 5.41) is 6.46. The maximum absolute atomic E-state index is 13.0. The molecule has 0 spiro atoms. The quantitative estimate of drug-likeness (QED) is 0.422. The van der Waals surface area contributed by atoms with Crippen LogP contribution in [-0.2, 0) is 6.18 Å². The number of amides is 1. The minimum atomic E-state index is -4.61. The summed E-state index contributed by atoms with van der Waals surface area (Å²) in [6.45, 7) is -1.55. The van der Waals surface area contributed by atoms with E-state index >= 15 is 0 Å². The molecule has 0 aliphatic rings. The average molecular weight is 468 g/mol. The van der Waals surface area contributed by atoms with Crippen LogP contribution in [0.3, 0.4) is 0 Å². The first-order chi connectivity index (χ1) is 15.4. The van der Waals surface area contributed by atoms with Crippen LogP contribution in [-0.4, -0.2) is 22.3 Å². The Kier molecular flexibility index (Phi) is 6.65. The minimum absolute atomic E-state index is 0.119. The second kappa shape index (κ2) is 9.27. The summed E-state index contributed by atoms with van der Waals surface area (Å²) in [6.07, 6.45) is -4.61. The predicted octanol–water partition coefficient (Wildman–Crippen LogP) is 3.93. The van der Waals surface area contributed by atoms with Gasteiger partial charge in [0.05, 0.1) is 17.3 Å². The van der Waals surface area contributed by atoms with Gasteiger partial charge in [0.2, 0.25) is 0 Å². The molecule has 0 aliphatic heterocycles. The van der Waals surface area contributed by atoms with Crippen molar-refractivity contribution in [2.45, 2.75) is 25.8 Å². The van der Waals surface area contributed by atoms with Gasteiger partial charge >= 0.3 is 12.8 Å². The number of benzene rings is 2. The number of rotatable bonds is 6. The van der Waals surface area contributed by atoms with Crippen LogP contribution in [0.25, 0.3) is 5.69 Å². The highest BCUT2D eigenvalue weighted by Gasteiger charge is 2.31. The Labute approximate surface area is 183 Å².